The normalized spacial score (nSPS) is 11.1. The predicted octanol–water partition coefficient (Wildman–Crippen LogP) is 3.11. The van der Waals surface area contributed by atoms with E-state index in [4.69, 9.17) is 0 Å². The van der Waals surface area contributed by atoms with Gasteiger partial charge in [0.2, 0.25) is 10.0 Å². The molecular weight excluding hydrogens is 438 g/mol. The van der Waals surface area contributed by atoms with Gasteiger partial charge in [-0.2, -0.15) is 0 Å². The fourth-order valence-corrected chi connectivity index (χ4v) is 4.26. The summed E-state index contributed by atoms with van der Waals surface area (Å²) in [7, 11) is -0.442. The van der Waals surface area contributed by atoms with Gasteiger partial charge in [-0.25, -0.2) is 13.1 Å². The highest BCUT2D eigenvalue weighted by Crippen LogP contribution is 2.17. The second kappa shape index (κ2) is 10.4. The quantitative estimate of drug-likeness (QED) is 0.534. The van der Waals surface area contributed by atoms with Crippen molar-refractivity contribution >= 4 is 21.8 Å². The molecule has 0 radical (unpaired) electrons. The molecule has 0 fully saturated rings. The van der Waals surface area contributed by atoms with E-state index >= 15 is 0 Å². The molecule has 0 heterocycles. The van der Waals surface area contributed by atoms with Crippen molar-refractivity contribution in [3.05, 3.63) is 101 Å². The summed E-state index contributed by atoms with van der Waals surface area (Å²) in [5.41, 5.74) is 3.06. The number of aryl methyl sites for hydroxylation is 1. The van der Waals surface area contributed by atoms with Crippen LogP contribution in [0, 0.1) is 6.92 Å². The van der Waals surface area contributed by atoms with Gasteiger partial charge in [0, 0.05) is 38.3 Å². The molecule has 8 heteroatoms. The van der Waals surface area contributed by atoms with Gasteiger partial charge in [0.25, 0.3) is 11.8 Å². The molecule has 7 nitrogen and oxygen atoms in total. The van der Waals surface area contributed by atoms with Crippen molar-refractivity contribution in [2.24, 2.45) is 0 Å². The Balaban J connectivity index is 1.72. The van der Waals surface area contributed by atoms with Crippen molar-refractivity contribution in [1.29, 1.82) is 0 Å². The first kappa shape index (κ1) is 24.2. The van der Waals surface area contributed by atoms with Crippen LogP contribution in [0.3, 0.4) is 0 Å². The van der Waals surface area contributed by atoms with Crippen molar-refractivity contribution in [3.8, 4) is 0 Å². The first-order valence-electron chi connectivity index (χ1n) is 10.4. The molecule has 3 rings (SSSR count). The molecule has 172 valence electrons. The highest BCUT2D eigenvalue weighted by molar-refractivity contribution is 7.89. The van der Waals surface area contributed by atoms with Crippen molar-refractivity contribution in [2.45, 2.75) is 24.9 Å². The van der Waals surface area contributed by atoms with E-state index in [1.807, 2.05) is 36.4 Å². The summed E-state index contributed by atoms with van der Waals surface area (Å²) in [4.78, 5) is 26.5. The number of nitrogens with zero attached hydrogens (tertiary/aromatic N) is 1. The SMILES string of the molecule is Cc1ccc(S(=O)(=O)NCc2ccccc2)cc1C(=O)NCc1cccc(C(=O)N(C)C)c1. The van der Waals surface area contributed by atoms with E-state index in [1.54, 1.807) is 45.3 Å². The monoisotopic (exact) mass is 465 g/mol. The number of sulfonamides is 1. The lowest BCUT2D eigenvalue weighted by Crippen LogP contribution is -2.26. The Morgan fingerprint density at radius 2 is 1.55 bits per heavy atom. The van der Waals surface area contributed by atoms with Crippen LogP contribution in [-0.2, 0) is 23.1 Å². The third-order valence-corrected chi connectivity index (χ3v) is 6.51. The van der Waals surface area contributed by atoms with E-state index < -0.39 is 15.9 Å². The highest BCUT2D eigenvalue weighted by atomic mass is 32.2. The summed E-state index contributed by atoms with van der Waals surface area (Å²) in [5, 5.41) is 2.81. The largest absolute Gasteiger partial charge is 0.348 e. The molecule has 0 aliphatic heterocycles. The van der Waals surface area contributed by atoms with Gasteiger partial charge in [0.15, 0.2) is 0 Å². The van der Waals surface area contributed by atoms with Crippen LogP contribution in [0.25, 0.3) is 0 Å². The zero-order valence-corrected chi connectivity index (χ0v) is 19.6. The maximum atomic E-state index is 12.8. The molecule has 3 aromatic rings. The minimum absolute atomic E-state index is 0.0211. The minimum atomic E-state index is -3.79. The van der Waals surface area contributed by atoms with Crippen molar-refractivity contribution < 1.29 is 18.0 Å². The standard InChI is InChI=1S/C25H27N3O4S/c1-18-12-13-22(33(31,32)27-17-19-8-5-4-6-9-19)15-23(18)24(29)26-16-20-10-7-11-21(14-20)25(30)28(2)3/h4-15,27H,16-17H2,1-3H3,(H,26,29). The van der Waals surface area contributed by atoms with Crippen LogP contribution >= 0.6 is 0 Å². The van der Waals surface area contributed by atoms with Gasteiger partial charge < -0.3 is 10.2 Å². The lowest BCUT2D eigenvalue weighted by Gasteiger charge is -2.13. The topological polar surface area (TPSA) is 95.6 Å². The molecule has 0 atom stereocenters. The molecule has 0 spiro atoms. The summed E-state index contributed by atoms with van der Waals surface area (Å²) in [6.45, 7) is 2.11. The molecule has 0 saturated heterocycles. The molecule has 3 aromatic carbocycles. The van der Waals surface area contributed by atoms with E-state index in [9.17, 15) is 18.0 Å². The molecule has 2 amide bonds. The Morgan fingerprint density at radius 1 is 0.848 bits per heavy atom. The van der Waals surface area contributed by atoms with E-state index in [2.05, 4.69) is 10.0 Å². The Hall–Kier alpha value is -3.49. The number of hydrogen-bond acceptors (Lipinski definition) is 4. The first-order valence-corrected chi connectivity index (χ1v) is 11.9. The molecule has 0 aromatic heterocycles. The molecule has 0 aliphatic rings. The Bertz CT molecular complexity index is 1260. The van der Waals surface area contributed by atoms with E-state index in [0.717, 1.165) is 11.1 Å². The van der Waals surface area contributed by atoms with Gasteiger partial charge in [-0.05, 0) is 47.9 Å². The first-order chi connectivity index (χ1) is 15.7. The zero-order valence-electron chi connectivity index (χ0n) is 18.8. The van der Waals surface area contributed by atoms with Gasteiger partial charge in [-0.15, -0.1) is 0 Å². The van der Waals surface area contributed by atoms with E-state index in [1.165, 1.54) is 17.0 Å². The summed E-state index contributed by atoms with van der Waals surface area (Å²) < 4.78 is 28.1. The second-order valence-electron chi connectivity index (χ2n) is 7.87. The fraction of sp³-hybridized carbons (Fsp3) is 0.200. The van der Waals surface area contributed by atoms with Crippen LogP contribution in [0.5, 0.6) is 0 Å². The number of hydrogen-bond donors (Lipinski definition) is 2. The Kier molecular flexibility index (Phi) is 7.63. The van der Waals surface area contributed by atoms with Crippen LogP contribution in [-0.4, -0.2) is 39.2 Å². The van der Waals surface area contributed by atoms with Crippen LogP contribution in [0.4, 0.5) is 0 Å². The average molecular weight is 466 g/mol. The smallest absolute Gasteiger partial charge is 0.253 e. The van der Waals surface area contributed by atoms with Crippen molar-refractivity contribution in [2.75, 3.05) is 14.1 Å². The van der Waals surface area contributed by atoms with Crippen LogP contribution in [0.2, 0.25) is 0 Å². The minimum Gasteiger partial charge on any atom is -0.348 e. The lowest BCUT2D eigenvalue weighted by molar-refractivity contribution is 0.0827. The van der Waals surface area contributed by atoms with Gasteiger partial charge >= 0.3 is 0 Å². The number of benzene rings is 3. The molecule has 0 bridgehead atoms. The Morgan fingerprint density at radius 3 is 2.24 bits per heavy atom. The summed E-state index contributed by atoms with van der Waals surface area (Å²) in [6.07, 6.45) is 0. The third kappa shape index (κ3) is 6.27. The second-order valence-corrected chi connectivity index (χ2v) is 9.64. The maximum absolute atomic E-state index is 12.8. The van der Waals surface area contributed by atoms with Gasteiger partial charge in [0.1, 0.15) is 0 Å². The van der Waals surface area contributed by atoms with Crippen LogP contribution in [0.15, 0.2) is 77.7 Å². The van der Waals surface area contributed by atoms with E-state index in [-0.39, 0.29) is 29.5 Å². The van der Waals surface area contributed by atoms with Crippen molar-refractivity contribution in [3.63, 3.8) is 0 Å². The zero-order chi connectivity index (χ0) is 24.0. The summed E-state index contributed by atoms with van der Waals surface area (Å²) in [6, 6.07) is 20.7. The van der Waals surface area contributed by atoms with Crippen LogP contribution < -0.4 is 10.0 Å². The molecule has 0 unspecified atom stereocenters. The Labute approximate surface area is 194 Å². The summed E-state index contributed by atoms with van der Waals surface area (Å²) in [5.74, 6) is -0.517. The van der Waals surface area contributed by atoms with Gasteiger partial charge in [-0.1, -0.05) is 48.5 Å². The molecule has 2 N–H and O–H groups in total. The number of amides is 2. The van der Waals surface area contributed by atoms with Crippen LogP contribution in [0.1, 0.15) is 37.4 Å². The number of carbonyl (C=O) groups excluding carboxylic acids is 2. The number of carbonyl (C=O) groups is 2. The van der Waals surface area contributed by atoms with Crippen molar-refractivity contribution in [1.82, 2.24) is 14.9 Å². The number of rotatable bonds is 8. The average Bonchev–Trinajstić information content (AvgIpc) is 2.81. The molecular formula is C25H27N3O4S. The third-order valence-electron chi connectivity index (χ3n) is 5.11. The maximum Gasteiger partial charge on any atom is 0.253 e. The summed E-state index contributed by atoms with van der Waals surface area (Å²) >= 11 is 0. The lowest BCUT2D eigenvalue weighted by atomic mass is 10.1. The van der Waals surface area contributed by atoms with Gasteiger partial charge in [0.05, 0.1) is 4.90 Å². The van der Waals surface area contributed by atoms with Gasteiger partial charge in [-0.3, -0.25) is 9.59 Å². The van der Waals surface area contributed by atoms with E-state index in [0.29, 0.717) is 11.1 Å². The molecule has 0 aliphatic carbocycles. The fourth-order valence-electron chi connectivity index (χ4n) is 3.22. The number of nitrogens with one attached hydrogen (secondary N) is 2. The molecule has 33 heavy (non-hydrogen) atoms. The molecule has 0 saturated carbocycles. The predicted molar refractivity (Wildman–Crippen MR) is 127 cm³/mol. The highest BCUT2D eigenvalue weighted by Gasteiger charge is 2.18.